The van der Waals surface area contributed by atoms with Crippen molar-refractivity contribution in [2.24, 2.45) is 0 Å². The molecule has 0 bridgehead atoms. The summed E-state index contributed by atoms with van der Waals surface area (Å²) in [5, 5.41) is 10.9. The Hall–Kier alpha value is -2.90. The fourth-order valence-electron chi connectivity index (χ4n) is 2.94. The Morgan fingerprint density at radius 3 is 2.44 bits per heavy atom. The number of nitrogens with zero attached hydrogens (tertiary/aromatic N) is 4. The summed E-state index contributed by atoms with van der Waals surface area (Å²) in [7, 11) is 1.44. The van der Waals surface area contributed by atoms with Crippen molar-refractivity contribution < 1.29 is 14.1 Å². The third-order valence-electron chi connectivity index (χ3n) is 4.37. The number of methoxy groups -OCH3 is 1. The number of piperazine rings is 1. The highest BCUT2D eigenvalue weighted by Gasteiger charge is 2.21. The van der Waals surface area contributed by atoms with Crippen molar-refractivity contribution in [3.63, 3.8) is 0 Å². The van der Waals surface area contributed by atoms with Crippen LogP contribution in [0.15, 0.2) is 30.5 Å². The molecule has 1 aliphatic rings. The first kappa shape index (κ1) is 16.9. The first-order chi connectivity index (χ1) is 12.0. The summed E-state index contributed by atoms with van der Waals surface area (Å²) in [5.74, 6) is 0.576. The van der Waals surface area contributed by atoms with Crippen molar-refractivity contribution in [1.29, 1.82) is 0 Å². The highest BCUT2D eigenvalue weighted by molar-refractivity contribution is 5.53. The summed E-state index contributed by atoms with van der Waals surface area (Å²) in [6.45, 7) is 4.54. The van der Waals surface area contributed by atoms with Gasteiger partial charge in [0, 0.05) is 43.5 Å². The number of anilines is 2. The van der Waals surface area contributed by atoms with Crippen LogP contribution in [0.25, 0.3) is 0 Å². The molecule has 0 N–H and O–H groups in total. The van der Waals surface area contributed by atoms with E-state index >= 15 is 0 Å². The number of aryl methyl sites for hydroxylation is 1. The van der Waals surface area contributed by atoms with Crippen molar-refractivity contribution in [1.82, 2.24) is 4.98 Å². The molecule has 0 spiro atoms. The van der Waals surface area contributed by atoms with Gasteiger partial charge in [-0.05, 0) is 25.1 Å². The molecule has 2 aromatic rings. The average Bonchev–Trinajstić information content (AvgIpc) is 2.61. The number of aromatic nitrogens is 1. The van der Waals surface area contributed by atoms with Gasteiger partial charge in [0.05, 0.1) is 12.0 Å². The van der Waals surface area contributed by atoms with Gasteiger partial charge in [-0.15, -0.1) is 0 Å². The van der Waals surface area contributed by atoms with Gasteiger partial charge in [-0.1, -0.05) is 0 Å². The topological polar surface area (TPSA) is 71.7 Å². The van der Waals surface area contributed by atoms with Gasteiger partial charge in [0.2, 0.25) is 0 Å². The standard InChI is InChI=1S/C17H19FN4O3/c1-12-9-17(19-11-15(12)22(23)24)21-7-5-20(6-8-21)13-3-4-16(25-2)14(18)10-13/h3-4,9-11H,5-8H2,1-2H3. The Morgan fingerprint density at radius 2 is 1.88 bits per heavy atom. The molecule has 1 aromatic heterocycles. The van der Waals surface area contributed by atoms with Crippen LogP contribution in [0.2, 0.25) is 0 Å². The molecular weight excluding hydrogens is 327 g/mol. The highest BCUT2D eigenvalue weighted by Crippen LogP contribution is 2.26. The van der Waals surface area contributed by atoms with E-state index in [4.69, 9.17) is 4.74 Å². The van der Waals surface area contributed by atoms with E-state index in [1.54, 1.807) is 19.1 Å². The minimum Gasteiger partial charge on any atom is -0.494 e. The summed E-state index contributed by atoms with van der Waals surface area (Å²) >= 11 is 0. The van der Waals surface area contributed by atoms with Crippen molar-refractivity contribution in [3.8, 4) is 5.75 Å². The molecule has 1 aromatic carbocycles. The number of ether oxygens (including phenoxy) is 1. The van der Waals surface area contributed by atoms with Crippen LogP contribution in [-0.2, 0) is 0 Å². The smallest absolute Gasteiger partial charge is 0.290 e. The van der Waals surface area contributed by atoms with Crippen molar-refractivity contribution in [3.05, 3.63) is 52.0 Å². The molecule has 2 heterocycles. The molecule has 0 amide bonds. The van der Waals surface area contributed by atoms with Crippen LogP contribution in [0.4, 0.5) is 21.6 Å². The van der Waals surface area contributed by atoms with Gasteiger partial charge in [-0.25, -0.2) is 9.37 Å². The first-order valence-corrected chi connectivity index (χ1v) is 7.94. The maximum absolute atomic E-state index is 13.9. The summed E-state index contributed by atoms with van der Waals surface area (Å²) in [4.78, 5) is 18.8. The zero-order valence-corrected chi connectivity index (χ0v) is 14.1. The molecule has 0 atom stereocenters. The Bertz CT molecular complexity index is 791. The van der Waals surface area contributed by atoms with Crippen LogP contribution in [0.1, 0.15) is 5.56 Å². The number of hydrogen-bond acceptors (Lipinski definition) is 6. The Balaban J connectivity index is 1.68. The molecule has 7 nitrogen and oxygen atoms in total. The molecule has 132 valence electrons. The second-order valence-corrected chi connectivity index (χ2v) is 5.88. The average molecular weight is 346 g/mol. The Labute approximate surface area is 144 Å². The van der Waals surface area contributed by atoms with Gasteiger partial charge in [-0.2, -0.15) is 0 Å². The second-order valence-electron chi connectivity index (χ2n) is 5.88. The summed E-state index contributed by atoms with van der Waals surface area (Å²) in [6, 6.07) is 6.67. The van der Waals surface area contributed by atoms with E-state index in [1.165, 1.54) is 19.4 Å². The maximum atomic E-state index is 13.9. The van der Waals surface area contributed by atoms with Crippen LogP contribution in [-0.4, -0.2) is 43.2 Å². The normalized spacial score (nSPS) is 14.5. The molecule has 8 heteroatoms. The largest absolute Gasteiger partial charge is 0.494 e. The van der Waals surface area contributed by atoms with Crippen LogP contribution in [0.5, 0.6) is 5.75 Å². The van der Waals surface area contributed by atoms with Crippen molar-refractivity contribution in [2.45, 2.75) is 6.92 Å². The molecule has 1 aliphatic heterocycles. The Kier molecular flexibility index (Phi) is 4.69. The van der Waals surface area contributed by atoms with E-state index < -0.39 is 4.92 Å². The van der Waals surface area contributed by atoms with Crippen LogP contribution >= 0.6 is 0 Å². The van der Waals surface area contributed by atoms with Crippen LogP contribution in [0, 0.1) is 22.9 Å². The van der Waals surface area contributed by atoms with Crippen LogP contribution in [0.3, 0.4) is 0 Å². The highest BCUT2D eigenvalue weighted by atomic mass is 19.1. The predicted octanol–water partition coefficient (Wildman–Crippen LogP) is 2.77. The SMILES string of the molecule is COc1ccc(N2CCN(c3cc(C)c([N+](=O)[O-])cn3)CC2)cc1F. The van der Waals surface area contributed by atoms with Gasteiger partial charge in [0.25, 0.3) is 5.69 Å². The zero-order chi connectivity index (χ0) is 18.0. The number of hydrogen-bond donors (Lipinski definition) is 0. The minimum atomic E-state index is -0.428. The third kappa shape index (κ3) is 3.47. The predicted molar refractivity (Wildman–Crippen MR) is 93.0 cm³/mol. The number of benzene rings is 1. The summed E-state index contributed by atoms with van der Waals surface area (Å²) in [6.07, 6.45) is 1.30. The lowest BCUT2D eigenvalue weighted by atomic mass is 10.2. The molecular formula is C17H19FN4O3. The minimum absolute atomic E-state index is 0.0242. The fourth-order valence-corrected chi connectivity index (χ4v) is 2.94. The molecule has 1 saturated heterocycles. The molecule has 1 fully saturated rings. The van der Waals surface area contributed by atoms with Gasteiger partial charge in [0.1, 0.15) is 12.0 Å². The first-order valence-electron chi connectivity index (χ1n) is 7.94. The second kappa shape index (κ2) is 6.92. The monoisotopic (exact) mass is 346 g/mol. The van der Waals surface area contributed by atoms with Gasteiger partial charge in [0.15, 0.2) is 11.6 Å². The zero-order valence-electron chi connectivity index (χ0n) is 14.1. The molecule has 25 heavy (non-hydrogen) atoms. The van der Waals surface area contributed by atoms with E-state index in [9.17, 15) is 14.5 Å². The lowest BCUT2D eigenvalue weighted by molar-refractivity contribution is -0.385. The van der Waals surface area contributed by atoms with E-state index in [2.05, 4.69) is 14.8 Å². The Morgan fingerprint density at radius 1 is 1.20 bits per heavy atom. The van der Waals surface area contributed by atoms with Gasteiger partial charge < -0.3 is 14.5 Å². The number of rotatable bonds is 4. The van der Waals surface area contributed by atoms with Crippen molar-refractivity contribution in [2.75, 3.05) is 43.1 Å². The van der Waals surface area contributed by atoms with Gasteiger partial charge >= 0.3 is 0 Å². The number of nitro groups is 1. The number of halogens is 1. The maximum Gasteiger partial charge on any atom is 0.290 e. The van der Waals surface area contributed by atoms with Gasteiger partial charge in [-0.3, -0.25) is 10.1 Å². The van der Waals surface area contributed by atoms with E-state index in [1.807, 2.05) is 6.07 Å². The molecule has 0 saturated carbocycles. The lowest BCUT2D eigenvalue weighted by Gasteiger charge is -2.36. The summed E-state index contributed by atoms with van der Waals surface area (Å²) in [5.41, 5.74) is 1.43. The van der Waals surface area contributed by atoms with E-state index in [0.717, 1.165) is 11.5 Å². The molecule has 0 unspecified atom stereocenters. The molecule has 0 aliphatic carbocycles. The van der Waals surface area contributed by atoms with Crippen molar-refractivity contribution >= 4 is 17.2 Å². The molecule has 0 radical (unpaired) electrons. The van der Waals surface area contributed by atoms with E-state index in [0.29, 0.717) is 31.7 Å². The fraction of sp³-hybridized carbons (Fsp3) is 0.353. The summed E-state index contributed by atoms with van der Waals surface area (Å²) < 4.78 is 18.8. The number of pyridine rings is 1. The van der Waals surface area contributed by atoms with Crippen LogP contribution < -0.4 is 14.5 Å². The lowest BCUT2D eigenvalue weighted by Crippen LogP contribution is -2.46. The molecule has 3 rings (SSSR count). The quantitative estimate of drug-likeness (QED) is 0.626. The third-order valence-corrected chi connectivity index (χ3v) is 4.37. The van der Waals surface area contributed by atoms with E-state index in [-0.39, 0.29) is 17.3 Å².